The van der Waals surface area contributed by atoms with Gasteiger partial charge in [-0.2, -0.15) is 4.31 Å². The van der Waals surface area contributed by atoms with E-state index in [2.05, 4.69) is 10.0 Å². The minimum absolute atomic E-state index is 0.000640. The van der Waals surface area contributed by atoms with E-state index in [9.17, 15) is 21.6 Å². The van der Waals surface area contributed by atoms with Gasteiger partial charge in [0.2, 0.25) is 20.0 Å². The number of amides is 1. The van der Waals surface area contributed by atoms with Crippen LogP contribution < -0.4 is 10.0 Å². The molecule has 0 unspecified atom stereocenters. The summed E-state index contributed by atoms with van der Waals surface area (Å²) in [7, 11) is -5.49. The van der Waals surface area contributed by atoms with Crippen molar-refractivity contribution >= 4 is 37.3 Å². The number of benzene rings is 1. The lowest BCUT2D eigenvalue weighted by Gasteiger charge is -2.14. The fourth-order valence-electron chi connectivity index (χ4n) is 3.53. The van der Waals surface area contributed by atoms with Crippen LogP contribution in [0.25, 0.3) is 0 Å². The van der Waals surface area contributed by atoms with Gasteiger partial charge in [-0.05, 0) is 49.9 Å². The highest BCUT2D eigenvalue weighted by Crippen LogP contribution is 2.26. The molecule has 31 heavy (non-hydrogen) atoms. The Balaban J connectivity index is 1.83. The standard InChI is InChI=1S/C20H28N4O5S2/c1-4-12-30(26,27)22-18-9-7-8-17(15(18)2)21-20(25)19-13-16(14-23(19)3)31(28,29)24-10-5-6-11-24/h7-9,13-14,22H,4-6,10-12H2,1-3H3,(H,21,25). The number of carbonyl (C=O) groups excluding carboxylic acids is 1. The molecular weight excluding hydrogens is 440 g/mol. The Morgan fingerprint density at radius 1 is 1.10 bits per heavy atom. The topological polar surface area (TPSA) is 118 Å². The van der Waals surface area contributed by atoms with Gasteiger partial charge in [-0.15, -0.1) is 0 Å². The summed E-state index contributed by atoms with van der Waals surface area (Å²) in [5.41, 5.74) is 1.58. The maximum absolute atomic E-state index is 12.9. The van der Waals surface area contributed by atoms with Crippen LogP contribution in [0.4, 0.5) is 11.4 Å². The van der Waals surface area contributed by atoms with Gasteiger partial charge in [-0.1, -0.05) is 13.0 Å². The van der Waals surface area contributed by atoms with Gasteiger partial charge in [-0.3, -0.25) is 9.52 Å². The second-order valence-corrected chi connectivity index (χ2v) is 11.4. The SMILES string of the molecule is CCCS(=O)(=O)Nc1cccc(NC(=O)c2cc(S(=O)(=O)N3CCCC3)cn2C)c1C. The molecule has 11 heteroatoms. The van der Waals surface area contributed by atoms with Crippen molar-refractivity contribution in [3.63, 3.8) is 0 Å². The third-order valence-corrected chi connectivity index (χ3v) is 8.58. The van der Waals surface area contributed by atoms with Crippen LogP contribution in [0.1, 0.15) is 42.2 Å². The third kappa shape index (κ3) is 5.10. The second kappa shape index (κ2) is 9.01. The number of nitrogens with zero attached hydrogens (tertiary/aromatic N) is 2. The molecule has 0 saturated carbocycles. The first-order valence-electron chi connectivity index (χ1n) is 10.1. The Morgan fingerprint density at radius 3 is 2.39 bits per heavy atom. The number of hydrogen-bond acceptors (Lipinski definition) is 5. The molecule has 0 radical (unpaired) electrons. The zero-order chi connectivity index (χ0) is 22.8. The molecular formula is C20H28N4O5S2. The van der Waals surface area contributed by atoms with Gasteiger partial charge in [0.05, 0.1) is 11.4 Å². The Hall–Kier alpha value is -2.37. The lowest BCUT2D eigenvalue weighted by Crippen LogP contribution is -2.27. The number of aromatic nitrogens is 1. The summed E-state index contributed by atoms with van der Waals surface area (Å²) in [6.07, 6.45) is 3.58. The van der Waals surface area contributed by atoms with Crippen LogP contribution >= 0.6 is 0 Å². The normalized spacial score (nSPS) is 15.2. The van der Waals surface area contributed by atoms with Gasteiger partial charge in [-0.25, -0.2) is 16.8 Å². The van der Waals surface area contributed by atoms with Crippen molar-refractivity contribution < 1.29 is 21.6 Å². The van der Waals surface area contributed by atoms with Crippen LogP contribution in [0.3, 0.4) is 0 Å². The predicted octanol–water partition coefficient (Wildman–Crippen LogP) is 2.52. The first-order chi connectivity index (χ1) is 14.5. The molecule has 1 aromatic carbocycles. The molecule has 1 aliphatic heterocycles. The molecule has 2 heterocycles. The van der Waals surface area contributed by atoms with E-state index in [1.807, 2.05) is 0 Å². The molecule has 1 saturated heterocycles. The molecule has 0 spiro atoms. The molecule has 0 aliphatic carbocycles. The summed E-state index contributed by atoms with van der Waals surface area (Å²) in [5.74, 6) is -0.484. The Labute approximate surface area is 183 Å². The number of nitrogens with one attached hydrogen (secondary N) is 2. The number of carbonyl (C=O) groups is 1. The highest BCUT2D eigenvalue weighted by Gasteiger charge is 2.29. The van der Waals surface area contributed by atoms with Crippen LogP contribution in [0.15, 0.2) is 35.4 Å². The van der Waals surface area contributed by atoms with Gasteiger partial charge < -0.3 is 9.88 Å². The minimum atomic E-state index is -3.63. The monoisotopic (exact) mass is 468 g/mol. The minimum Gasteiger partial charge on any atom is -0.345 e. The summed E-state index contributed by atoms with van der Waals surface area (Å²) in [6.45, 7) is 4.45. The first kappa shape index (κ1) is 23.3. The third-order valence-electron chi connectivity index (χ3n) is 5.24. The predicted molar refractivity (Wildman–Crippen MR) is 120 cm³/mol. The molecule has 1 aliphatic rings. The maximum atomic E-state index is 12.9. The van der Waals surface area contributed by atoms with E-state index < -0.39 is 26.0 Å². The summed E-state index contributed by atoms with van der Waals surface area (Å²) in [6, 6.07) is 6.30. The van der Waals surface area contributed by atoms with Crippen molar-refractivity contribution in [1.29, 1.82) is 0 Å². The fourth-order valence-corrected chi connectivity index (χ4v) is 6.32. The first-order valence-corrected chi connectivity index (χ1v) is 13.2. The highest BCUT2D eigenvalue weighted by molar-refractivity contribution is 7.92. The molecule has 170 valence electrons. The van der Waals surface area contributed by atoms with Crippen molar-refractivity contribution in [1.82, 2.24) is 8.87 Å². The molecule has 1 amide bonds. The van der Waals surface area contributed by atoms with Crippen LogP contribution in [-0.2, 0) is 27.1 Å². The van der Waals surface area contributed by atoms with Crippen LogP contribution in [0, 0.1) is 6.92 Å². The molecule has 1 aromatic heterocycles. The molecule has 3 rings (SSSR count). The van der Waals surface area contributed by atoms with Crippen molar-refractivity contribution in [3.05, 3.63) is 41.7 Å². The van der Waals surface area contributed by atoms with E-state index in [1.165, 1.54) is 21.1 Å². The largest absolute Gasteiger partial charge is 0.345 e. The van der Waals surface area contributed by atoms with Crippen LogP contribution in [-0.4, -0.2) is 50.5 Å². The average Bonchev–Trinajstić information content (AvgIpc) is 3.35. The van der Waals surface area contributed by atoms with E-state index in [0.717, 1.165) is 12.8 Å². The number of anilines is 2. The second-order valence-electron chi connectivity index (χ2n) is 7.64. The Bertz CT molecular complexity index is 1180. The number of hydrogen-bond donors (Lipinski definition) is 2. The van der Waals surface area contributed by atoms with Gasteiger partial charge in [0.25, 0.3) is 5.91 Å². The van der Waals surface area contributed by atoms with Crippen LogP contribution in [0.2, 0.25) is 0 Å². The lowest BCUT2D eigenvalue weighted by molar-refractivity contribution is 0.101. The zero-order valence-corrected chi connectivity index (χ0v) is 19.5. The molecule has 2 aromatic rings. The molecule has 2 N–H and O–H groups in total. The summed E-state index contributed by atoms with van der Waals surface area (Å²) < 4.78 is 55.2. The van der Waals surface area contributed by atoms with E-state index in [-0.39, 0.29) is 16.3 Å². The van der Waals surface area contributed by atoms with E-state index in [4.69, 9.17) is 0 Å². The molecule has 0 bridgehead atoms. The van der Waals surface area contributed by atoms with Crippen molar-refractivity contribution in [2.75, 3.05) is 28.9 Å². The van der Waals surface area contributed by atoms with Crippen molar-refractivity contribution in [3.8, 4) is 0 Å². The van der Waals surface area contributed by atoms with E-state index in [0.29, 0.717) is 36.4 Å². The lowest BCUT2D eigenvalue weighted by atomic mass is 10.1. The van der Waals surface area contributed by atoms with Gasteiger partial charge >= 0.3 is 0 Å². The van der Waals surface area contributed by atoms with Gasteiger partial charge in [0.1, 0.15) is 10.6 Å². The van der Waals surface area contributed by atoms with Crippen molar-refractivity contribution in [2.45, 2.75) is 38.0 Å². The quantitative estimate of drug-likeness (QED) is 0.617. The van der Waals surface area contributed by atoms with E-state index in [1.54, 1.807) is 39.1 Å². The fraction of sp³-hybridized carbons (Fsp3) is 0.450. The smallest absolute Gasteiger partial charge is 0.272 e. The Morgan fingerprint density at radius 2 is 1.74 bits per heavy atom. The molecule has 1 fully saturated rings. The average molecular weight is 469 g/mol. The zero-order valence-electron chi connectivity index (χ0n) is 17.9. The number of sulfonamides is 2. The number of rotatable bonds is 8. The van der Waals surface area contributed by atoms with Gasteiger partial charge in [0, 0.05) is 32.0 Å². The van der Waals surface area contributed by atoms with Crippen LogP contribution in [0.5, 0.6) is 0 Å². The maximum Gasteiger partial charge on any atom is 0.272 e. The summed E-state index contributed by atoms with van der Waals surface area (Å²) >= 11 is 0. The van der Waals surface area contributed by atoms with Crippen molar-refractivity contribution in [2.24, 2.45) is 7.05 Å². The Kier molecular flexibility index (Phi) is 6.77. The summed E-state index contributed by atoms with van der Waals surface area (Å²) in [4.78, 5) is 13.0. The van der Waals surface area contributed by atoms with E-state index >= 15 is 0 Å². The highest BCUT2D eigenvalue weighted by atomic mass is 32.2. The number of aryl methyl sites for hydroxylation is 1. The van der Waals surface area contributed by atoms with Gasteiger partial charge in [0.15, 0.2) is 0 Å². The molecule has 0 atom stereocenters. The summed E-state index contributed by atoms with van der Waals surface area (Å²) in [5, 5.41) is 2.76. The molecule has 9 nitrogen and oxygen atoms in total.